The van der Waals surface area contributed by atoms with Crippen molar-refractivity contribution in [1.82, 2.24) is 10.5 Å². The van der Waals surface area contributed by atoms with Crippen LogP contribution in [0.25, 0.3) is 11.5 Å². The smallest absolute Gasteiger partial charge is 0.326 e. The lowest BCUT2D eigenvalue weighted by Crippen LogP contribution is -2.42. The van der Waals surface area contributed by atoms with Gasteiger partial charge in [-0.15, -0.1) is 0 Å². The topological polar surface area (TPSA) is 106 Å². The van der Waals surface area contributed by atoms with E-state index in [1.807, 2.05) is 5.32 Å². The van der Waals surface area contributed by atoms with Gasteiger partial charge in [0, 0.05) is 12.5 Å². The number of nitrogens with one attached hydrogen (secondary N) is 1. The lowest BCUT2D eigenvalue weighted by atomic mass is 10.2. The van der Waals surface area contributed by atoms with E-state index >= 15 is 0 Å². The standard InChI is InChI=1S/C12H10F2N2O5/c13-10(14)5-7(12(18)19)15-11(17)6-4-9(21-16-6)8-2-1-3-20-8/h1-4,7,10H,5H2,(H,15,17)(H,18,19). The maximum atomic E-state index is 12.2. The second kappa shape index (κ2) is 6.16. The minimum Gasteiger partial charge on any atom is -0.480 e. The molecule has 0 aliphatic heterocycles. The normalized spacial score (nSPS) is 12.3. The van der Waals surface area contributed by atoms with E-state index in [1.54, 1.807) is 12.1 Å². The summed E-state index contributed by atoms with van der Waals surface area (Å²) in [5, 5.41) is 14.2. The summed E-state index contributed by atoms with van der Waals surface area (Å²) < 4.78 is 34.3. The van der Waals surface area contributed by atoms with Crippen LogP contribution in [0, 0.1) is 0 Å². The molecule has 0 saturated heterocycles. The minimum absolute atomic E-state index is 0.158. The molecule has 2 N–H and O–H groups in total. The summed E-state index contributed by atoms with van der Waals surface area (Å²) in [6.45, 7) is 0. The Bertz CT molecular complexity index is 623. The zero-order valence-electron chi connectivity index (χ0n) is 10.5. The molecule has 0 aliphatic carbocycles. The Kier molecular flexibility index (Phi) is 4.31. The molecule has 1 unspecified atom stereocenters. The van der Waals surface area contributed by atoms with Crippen LogP contribution in [0.2, 0.25) is 0 Å². The van der Waals surface area contributed by atoms with Crippen LogP contribution >= 0.6 is 0 Å². The fraction of sp³-hybridized carbons (Fsp3) is 0.250. The Morgan fingerprint density at radius 2 is 2.14 bits per heavy atom. The Balaban J connectivity index is 2.07. The molecule has 21 heavy (non-hydrogen) atoms. The number of aliphatic carboxylic acids is 1. The third-order valence-electron chi connectivity index (χ3n) is 2.52. The summed E-state index contributed by atoms with van der Waals surface area (Å²) in [6.07, 6.45) is -2.47. The molecule has 1 atom stereocenters. The fourth-order valence-electron chi connectivity index (χ4n) is 1.55. The lowest BCUT2D eigenvalue weighted by Gasteiger charge is -2.12. The first-order valence-corrected chi connectivity index (χ1v) is 5.79. The first-order chi connectivity index (χ1) is 9.97. The van der Waals surface area contributed by atoms with Crippen LogP contribution in [-0.4, -0.2) is 34.6 Å². The van der Waals surface area contributed by atoms with Crippen LogP contribution in [0.5, 0.6) is 0 Å². The number of carbonyl (C=O) groups is 2. The summed E-state index contributed by atoms with van der Waals surface area (Å²) in [6, 6.07) is 2.68. The molecule has 112 valence electrons. The number of aromatic nitrogens is 1. The maximum Gasteiger partial charge on any atom is 0.326 e. The number of carboxylic acid groups (broad SMARTS) is 1. The van der Waals surface area contributed by atoms with Gasteiger partial charge >= 0.3 is 5.97 Å². The Hall–Kier alpha value is -2.71. The zero-order chi connectivity index (χ0) is 15.4. The average Bonchev–Trinajstić information content (AvgIpc) is 3.08. The third kappa shape index (κ3) is 3.65. The van der Waals surface area contributed by atoms with Gasteiger partial charge in [0.1, 0.15) is 6.04 Å². The summed E-state index contributed by atoms with van der Waals surface area (Å²) in [5.41, 5.74) is -0.234. The second-order valence-corrected chi connectivity index (χ2v) is 4.04. The summed E-state index contributed by atoms with van der Waals surface area (Å²) in [7, 11) is 0. The molecule has 0 fully saturated rings. The highest BCUT2D eigenvalue weighted by atomic mass is 19.3. The molecular formula is C12H10F2N2O5. The average molecular weight is 300 g/mol. The first kappa shape index (κ1) is 14.7. The van der Waals surface area contributed by atoms with Crippen molar-refractivity contribution < 1.29 is 32.4 Å². The van der Waals surface area contributed by atoms with Crippen LogP contribution < -0.4 is 5.32 Å². The van der Waals surface area contributed by atoms with E-state index in [-0.39, 0.29) is 11.5 Å². The SMILES string of the molecule is O=C(NC(CC(F)F)C(=O)O)c1cc(-c2ccco2)on1. The number of carboxylic acids is 1. The van der Waals surface area contributed by atoms with Crippen molar-refractivity contribution in [2.75, 3.05) is 0 Å². The molecule has 0 aromatic carbocycles. The van der Waals surface area contributed by atoms with Crippen LogP contribution in [0.15, 0.2) is 33.4 Å². The van der Waals surface area contributed by atoms with Crippen LogP contribution in [-0.2, 0) is 4.79 Å². The molecule has 7 nitrogen and oxygen atoms in total. The van der Waals surface area contributed by atoms with E-state index in [0.29, 0.717) is 5.76 Å². The van der Waals surface area contributed by atoms with Crippen molar-refractivity contribution >= 4 is 11.9 Å². The molecule has 2 aromatic heterocycles. The van der Waals surface area contributed by atoms with Crippen LogP contribution in [0.3, 0.4) is 0 Å². The molecule has 1 amide bonds. The van der Waals surface area contributed by atoms with E-state index < -0.39 is 30.8 Å². The van der Waals surface area contributed by atoms with Gasteiger partial charge in [-0.3, -0.25) is 4.79 Å². The number of rotatable bonds is 6. The number of nitrogens with zero attached hydrogens (tertiary/aromatic N) is 1. The molecule has 0 saturated carbocycles. The Morgan fingerprint density at radius 3 is 2.71 bits per heavy atom. The number of amides is 1. The highest BCUT2D eigenvalue weighted by Crippen LogP contribution is 2.20. The van der Waals surface area contributed by atoms with Gasteiger partial charge in [-0.25, -0.2) is 13.6 Å². The third-order valence-corrected chi connectivity index (χ3v) is 2.52. The molecular weight excluding hydrogens is 290 g/mol. The zero-order valence-corrected chi connectivity index (χ0v) is 10.5. The van der Waals surface area contributed by atoms with Crippen molar-refractivity contribution in [3.05, 3.63) is 30.2 Å². The van der Waals surface area contributed by atoms with Gasteiger partial charge in [-0.05, 0) is 12.1 Å². The number of carbonyl (C=O) groups excluding carboxylic acids is 1. The minimum atomic E-state index is -2.86. The molecule has 2 rings (SSSR count). The van der Waals surface area contributed by atoms with Gasteiger partial charge in [0.2, 0.25) is 12.2 Å². The van der Waals surface area contributed by atoms with Crippen LogP contribution in [0.4, 0.5) is 8.78 Å². The van der Waals surface area contributed by atoms with Gasteiger partial charge in [-0.1, -0.05) is 5.16 Å². The molecule has 0 aliphatic rings. The first-order valence-electron chi connectivity index (χ1n) is 5.79. The maximum absolute atomic E-state index is 12.2. The number of alkyl halides is 2. The van der Waals surface area contributed by atoms with E-state index in [2.05, 4.69) is 5.16 Å². The van der Waals surface area contributed by atoms with E-state index in [0.717, 1.165) is 0 Å². The molecule has 0 bridgehead atoms. The number of halogens is 2. The number of hydrogen-bond donors (Lipinski definition) is 2. The molecule has 2 heterocycles. The Morgan fingerprint density at radius 1 is 1.38 bits per heavy atom. The van der Waals surface area contributed by atoms with Gasteiger partial charge in [0.05, 0.1) is 6.26 Å². The quantitative estimate of drug-likeness (QED) is 0.842. The fourth-order valence-corrected chi connectivity index (χ4v) is 1.55. The predicted molar refractivity (Wildman–Crippen MR) is 63.7 cm³/mol. The van der Waals surface area contributed by atoms with Gasteiger partial charge < -0.3 is 19.4 Å². The van der Waals surface area contributed by atoms with E-state index in [4.69, 9.17) is 14.0 Å². The summed E-state index contributed by atoms with van der Waals surface area (Å²) in [5.74, 6) is -2.00. The van der Waals surface area contributed by atoms with E-state index in [1.165, 1.54) is 12.3 Å². The lowest BCUT2D eigenvalue weighted by molar-refractivity contribution is -0.140. The number of hydrogen-bond acceptors (Lipinski definition) is 5. The van der Waals surface area contributed by atoms with Crippen LogP contribution in [0.1, 0.15) is 16.9 Å². The van der Waals surface area contributed by atoms with Gasteiger partial charge in [0.15, 0.2) is 11.5 Å². The highest BCUT2D eigenvalue weighted by molar-refractivity contribution is 5.95. The second-order valence-electron chi connectivity index (χ2n) is 4.04. The largest absolute Gasteiger partial charge is 0.480 e. The monoisotopic (exact) mass is 300 g/mol. The molecule has 2 aromatic rings. The van der Waals surface area contributed by atoms with Gasteiger partial charge in [-0.2, -0.15) is 0 Å². The molecule has 0 spiro atoms. The van der Waals surface area contributed by atoms with Gasteiger partial charge in [0.25, 0.3) is 5.91 Å². The summed E-state index contributed by atoms with van der Waals surface area (Å²) in [4.78, 5) is 22.5. The molecule has 0 radical (unpaired) electrons. The van der Waals surface area contributed by atoms with Crippen molar-refractivity contribution in [1.29, 1.82) is 0 Å². The summed E-state index contributed by atoms with van der Waals surface area (Å²) >= 11 is 0. The highest BCUT2D eigenvalue weighted by Gasteiger charge is 2.26. The van der Waals surface area contributed by atoms with Crippen molar-refractivity contribution in [3.63, 3.8) is 0 Å². The molecule has 9 heteroatoms. The Labute approximate surface area is 116 Å². The number of furan rings is 1. The van der Waals surface area contributed by atoms with Crippen molar-refractivity contribution in [2.45, 2.75) is 18.9 Å². The van der Waals surface area contributed by atoms with Crippen molar-refractivity contribution in [3.8, 4) is 11.5 Å². The van der Waals surface area contributed by atoms with E-state index in [9.17, 15) is 18.4 Å². The van der Waals surface area contributed by atoms with Crippen molar-refractivity contribution in [2.24, 2.45) is 0 Å². The predicted octanol–water partition coefficient (Wildman–Crippen LogP) is 1.77.